The van der Waals surface area contributed by atoms with Crippen molar-refractivity contribution in [2.45, 2.75) is 20.3 Å². The van der Waals surface area contributed by atoms with E-state index in [9.17, 15) is 9.18 Å². The third-order valence-electron chi connectivity index (χ3n) is 3.81. The highest BCUT2D eigenvalue weighted by atomic mass is 19.1. The molecule has 128 valence electrons. The van der Waals surface area contributed by atoms with Crippen molar-refractivity contribution >= 4 is 23.0 Å². The number of halogens is 1. The maximum Gasteiger partial charge on any atom is 0.226 e. The average molecular weight is 329 g/mol. The van der Waals surface area contributed by atoms with Gasteiger partial charge in [-0.05, 0) is 62.4 Å². The number of anilines is 3. The van der Waals surface area contributed by atoms with Gasteiger partial charge in [-0.2, -0.15) is 0 Å². The van der Waals surface area contributed by atoms with E-state index in [4.69, 9.17) is 0 Å². The molecule has 0 saturated carbocycles. The molecule has 2 rings (SSSR count). The molecule has 0 unspecified atom stereocenters. The van der Waals surface area contributed by atoms with Gasteiger partial charge >= 0.3 is 0 Å². The molecule has 2 aromatic rings. The molecule has 0 heterocycles. The van der Waals surface area contributed by atoms with Gasteiger partial charge in [-0.1, -0.05) is 0 Å². The van der Waals surface area contributed by atoms with E-state index in [0.717, 1.165) is 18.8 Å². The number of benzene rings is 2. The molecule has 0 aliphatic carbocycles. The summed E-state index contributed by atoms with van der Waals surface area (Å²) < 4.78 is 12.8. The maximum absolute atomic E-state index is 12.8. The topological polar surface area (TPSA) is 44.4 Å². The summed E-state index contributed by atoms with van der Waals surface area (Å²) >= 11 is 0. The van der Waals surface area contributed by atoms with E-state index >= 15 is 0 Å². The van der Waals surface area contributed by atoms with E-state index in [1.54, 1.807) is 12.1 Å². The summed E-state index contributed by atoms with van der Waals surface area (Å²) in [5.74, 6) is -0.420. The molecule has 24 heavy (non-hydrogen) atoms. The quantitative estimate of drug-likeness (QED) is 0.766. The second-order valence-corrected chi connectivity index (χ2v) is 5.45. The first-order valence-corrected chi connectivity index (χ1v) is 8.26. The predicted molar refractivity (Wildman–Crippen MR) is 98.1 cm³/mol. The van der Waals surface area contributed by atoms with E-state index < -0.39 is 0 Å². The van der Waals surface area contributed by atoms with Gasteiger partial charge in [0.05, 0.1) is 0 Å². The summed E-state index contributed by atoms with van der Waals surface area (Å²) in [7, 11) is 0. The van der Waals surface area contributed by atoms with Gasteiger partial charge in [0.2, 0.25) is 5.91 Å². The molecule has 0 saturated heterocycles. The molecule has 0 aliphatic rings. The summed E-state index contributed by atoms with van der Waals surface area (Å²) in [6.45, 7) is 6.77. The van der Waals surface area contributed by atoms with E-state index in [1.165, 1.54) is 17.8 Å². The first kappa shape index (κ1) is 17.8. The predicted octanol–water partition coefficient (Wildman–Crippen LogP) is 4.11. The molecular weight excluding hydrogens is 305 g/mol. The van der Waals surface area contributed by atoms with Gasteiger partial charge in [0.25, 0.3) is 0 Å². The smallest absolute Gasteiger partial charge is 0.226 e. The van der Waals surface area contributed by atoms with Crippen LogP contribution >= 0.6 is 0 Å². The Morgan fingerprint density at radius 2 is 1.54 bits per heavy atom. The lowest BCUT2D eigenvalue weighted by Crippen LogP contribution is -2.21. The first-order chi connectivity index (χ1) is 11.6. The Labute approximate surface area is 142 Å². The Bertz CT molecular complexity index is 637. The number of hydrogen-bond acceptors (Lipinski definition) is 3. The number of carbonyl (C=O) groups excluding carboxylic acids is 1. The van der Waals surface area contributed by atoms with Gasteiger partial charge in [-0.25, -0.2) is 4.39 Å². The monoisotopic (exact) mass is 329 g/mol. The molecule has 0 atom stereocenters. The number of carbonyl (C=O) groups is 1. The Kier molecular flexibility index (Phi) is 6.61. The van der Waals surface area contributed by atoms with E-state index in [1.807, 2.05) is 12.1 Å². The van der Waals surface area contributed by atoms with Crippen LogP contribution in [-0.4, -0.2) is 25.5 Å². The minimum Gasteiger partial charge on any atom is -0.385 e. The number of rotatable bonds is 8. The Balaban J connectivity index is 1.77. The lowest BCUT2D eigenvalue weighted by molar-refractivity contribution is -0.115. The molecule has 4 nitrogen and oxygen atoms in total. The molecule has 2 aromatic carbocycles. The Hall–Kier alpha value is -2.56. The van der Waals surface area contributed by atoms with Crippen LogP contribution in [-0.2, 0) is 4.79 Å². The lowest BCUT2D eigenvalue weighted by Gasteiger charge is -2.21. The number of hydrogen-bond donors (Lipinski definition) is 2. The molecule has 5 heteroatoms. The summed E-state index contributed by atoms with van der Waals surface area (Å²) in [6.07, 6.45) is 0.342. The first-order valence-electron chi connectivity index (χ1n) is 8.26. The van der Waals surface area contributed by atoms with Crippen LogP contribution in [0.4, 0.5) is 21.5 Å². The highest BCUT2D eigenvalue weighted by Crippen LogP contribution is 2.17. The standard InChI is InChI=1S/C19H24FN3O/c1-3-23(4-2)18-11-9-16(10-12-18)21-14-13-19(24)22-17-7-5-15(20)6-8-17/h5-12,21H,3-4,13-14H2,1-2H3,(H,22,24). The third-order valence-corrected chi connectivity index (χ3v) is 3.81. The molecule has 1 amide bonds. The van der Waals surface area contributed by atoms with Crippen LogP contribution in [0.25, 0.3) is 0 Å². The summed E-state index contributed by atoms with van der Waals surface area (Å²) in [4.78, 5) is 14.1. The van der Waals surface area contributed by atoms with Crippen LogP contribution in [0.5, 0.6) is 0 Å². The second kappa shape index (κ2) is 8.91. The van der Waals surface area contributed by atoms with Crippen LogP contribution in [0.1, 0.15) is 20.3 Å². The minimum absolute atomic E-state index is 0.103. The summed E-state index contributed by atoms with van der Waals surface area (Å²) in [6, 6.07) is 13.9. The average Bonchev–Trinajstić information content (AvgIpc) is 2.59. The highest BCUT2D eigenvalue weighted by molar-refractivity contribution is 5.90. The molecular formula is C19H24FN3O. The molecule has 0 spiro atoms. The van der Waals surface area contributed by atoms with Crippen molar-refractivity contribution in [3.8, 4) is 0 Å². The fraction of sp³-hybridized carbons (Fsp3) is 0.316. The normalized spacial score (nSPS) is 10.3. The fourth-order valence-corrected chi connectivity index (χ4v) is 2.46. The fourth-order valence-electron chi connectivity index (χ4n) is 2.46. The van der Waals surface area contributed by atoms with Crippen LogP contribution in [0.2, 0.25) is 0 Å². The van der Waals surface area contributed by atoms with Crippen molar-refractivity contribution in [2.75, 3.05) is 35.2 Å². The molecule has 0 aromatic heterocycles. The van der Waals surface area contributed by atoms with Crippen molar-refractivity contribution in [3.05, 3.63) is 54.3 Å². The van der Waals surface area contributed by atoms with Gasteiger partial charge in [0.1, 0.15) is 5.82 Å². The Morgan fingerprint density at radius 3 is 2.12 bits per heavy atom. The van der Waals surface area contributed by atoms with Gasteiger partial charge in [-0.3, -0.25) is 4.79 Å². The van der Waals surface area contributed by atoms with Crippen molar-refractivity contribution in [3.63, 3.8) is 0 Å². The van der Waals surface area contributed by atoms with Crippen molar-refractivity contribution in [2.24, 2.45) is 0 Å². The zero-order valence-corrected chi connectivity index (χ0v) is 14.2. The molecule has 2 N–H and O–H groups in total. The van der Waals surface area contributed by atoms with Crippen LogP contribution in [0.3, 0.4) is 0 Å². The molecule has 0 aliphatic heterocycles. The molecule has 0 radical (unpaired) electrons. The van der Waals surface area contributed by atoms with Crippen molar-refractivity contribution in [1.29, 1.82) is 0 Å². The highest BCUT2D eigenvalue weighted by Gasteiger charge is 2.04. The van der Waals surface area contributed by atoms with Gasteiger partial charge < -0.3 is 15.5 Å². The Morgan fingerprint density at radius 1 is 0.958 bits per heavy atom. The number of nitrogens with zero attached hydrogens (tertiary/aromatic N) is 1. The van der Waals surface area contributed by atoms with E-state index in [2.05, 4.69) is 41.5 Å². The van der Waals surface area contributed by atoms with Crippen LogP contribution in [0.15, 0.2) is 48.5 Å². The van der Waals surface area contributed by atoms with Crippen molar-refractivity contribution < 1.29 is 9.18 Å². The largest absolute Gasteiger partial charge is 0.385 e. The third kappa shape index (κ3) is 5.26. The SMILES string of the molecule is CCN(CC)c1ccc(NCCC(=O)Nc2ccc(F)cc2)cc1. The van der Waals surface area contributed by atoms with Gasteiger partial charge in [0, 0.05) is 43.1 Å². The summed E-state index contributed by atoms with van der Waals surface area (Å²) in [5.41, 5.74) is 2.78. The number of amides is 1. The zero-order valence-electron chi connectivity index (χ0n) is 14.2. The van der Waals surface area contributed by atoms with E-state index in [0.29, 0.717) is 18.7 Å². The zero-order chi connectivity index (χ0) is 17.4. The van der Waals surface area contributed by atoms with Gasteiger partial charge in [0.15, 0.2) is 0 Å². The maximum atomic E-state index is 12.8. The second-order valence-electron chi connectivity index (χ2n) is 5.45. The van der Waals surface area contributed by atoms with Gasteiger partial charge in [-0.15, -0.1) is 0 Å². The molecule has 0 bridgehead atoms. The lowest BCUT2D eigenvalue weighted by atomic mass is 10.2. The molecule has 0 fully saturated rings. The number of nitrogens with one attached hydrogen (secondary N) is 2. The van der Waals surface area contributed by atoms with Crippen LogP contribution < -0.4 is 15.5 Å². The van der Waals surface area contributed by atoms with Crippen LogP contribution in [0, 0.1) is 5.82 Å². The van der Waals surface area contributed by atoms with Crippen molar-refractivity contribution in [1.82, 2.24) is 0 Å². The summed E-state index contributed by atoms with van der Waals surface area (Å²) in [5, 5.41) is 5.98. The van der Waals surface area contributed by atoms with E-state index in [-0.39, 0.29) is 11.7 Å². The minimum atomic E-state index is -0.317.